The molecule has 5 unspecified atom stereocenters. The van der Waals surface area contributed by atoms with Crippen LogP contribution in [-0.2, 0) is 23.9 Å². The van der Waals surface area contributed by atoms with Crippen molar-refractivity contribution in [1.82, 2.24) is 0 Å². The monoisotopic (exact) mass is 434 g/mol. The van der Waals surface area contributed by atoms with E-state index in [9.17, 15) is 24.6 Å². The van der Waals surface area contributed by atoms with E-state index in [0.717, 1.165) is 12.8 Å². The zero-order valence-electron chi connectivity index (χ0n) is 19.3. The zero-order chi connectivity index (χ0) is 23.3. The molecular weight excluding hydrogens is 400 g/mol. The van der Waals surface area contributed by atoms with Crippen molar-refractivity contribution >= 4 is 17.5 Å². The molecule has 172 valence electrons. The average molecular weight is 435 g/mol. The molecule has 3 aliphatic rings. The van der Waals surface area contributed by atoms with Gasteiger partial charge in [-0.1, -0.05) is 34.1 Å². The van der Waals surface area contributed by atoms with Crippen LogP contribution in [0.1, 0.15) is 60.8 Å². The number of carbonyl (C=O) groups excluding carboxylic acids is 3. The Morgan fingerprint density at radius 3 is 2.42 bits per heavy atom. The van der Waals surface area contributed by atoms with Crippen molar-refractivity contribution < 1.29 is 34.1 Å². The van der Waals surface area contributed by atoms with Gasteiger partial charge in [0.2, 0.25) is 11.6 Å². The van der Waals surface area contributed by atoms with Crippen LogP contribution in [0.2, 0.25) is 0 Å². The van der Waals surface area contributed by atoms with Crippen molar-refractivity contribution in [3.05, 3.63) is 22.5 Å². The van der Waals surface area contributed by atoms with E-state index in [1.165, 1.54) is 6.92 Å². The molecule has 0 saturated heterocycles. The van der Waals surface area contributed by atoms with Gasteiger partial charge in [0.05, 0.1) is 18.3 Å². The maximum absolute atomic E-state index is 13.5. The SMILES string of the molecule is CCOC1C2=C(C(=O)C(=O)C(C(C)COC(C)=O)=C2O)C2(C)CCCC(C)(C)C2C1O. The first kappa shape index (κ1) is 23.7. The molecule has 0 spiro atoms. The Bertz CT molecular complexity index is 865. The second kappa shape index (κ2) is 8.17. The van der Waals surface area contributed by atoms with Crippen LogP contribution < -0.4 is 0 Å². The summed E-state index contributed by atoms with van der Waals surface area (Å²) < 4.78 is 10.9. The van der Waals surface area contributed by atoms with Gasteiger partial charge in [-0.05, 0) is 25.2 Å². The maximum Gasteiger partial charge on any atom is 0.302 e. The fourth-order valence-electron chi connectivity index (χ4n) is 6.27. The van der Waals surface area contributed by atoms with Crippen LogP contribution in [-0.4, -0.2) is 53.2 Å². The minimum atomic E-state index is -0.938. The van der Waals surface area contributed by atoms with Gasteiger partial charge in [0.15, 0.2) is 0 Å². The molecule has 0 radical (unpaired) electrons. The number of ketones is 2. The molecule has 0 aromatic carbocycles. The molecule has 0 aromatic rings. The summed E-state index contributed by atoms with van der Waals surface area (Å²) in [4.78, 5) is 37.9. The molecular formula is C24H34O7. The summed E-state index contributed by atoms with van der Waals surface area (Å²) in [6.07, 6.45) is 0.529. The van der Waals surface area contributed by atoms with Crippen LogP contribution in [0.25, 0.3) is 0 Å². The minimum absolute atomic E-state index is 0.0842. The van der Waals surface area contributed by atoms with Gasteiger partial charge >= 0.3 is 5.97 Å². The van der Waals surface area contributed by atoms with Crippen molar-refractivity contribution in [2.24, 2.45) is 22.7 Å². The summed E-state index contributed by atoms with van der Waals surface area (Å²) in [6, 6.07) is 0. The Labute approximate surface area is 183 Å². The minimum Gasteiger partial charge on any atom is -0.507 e. The van der Waals surface area contributed by atoms with Crippen molar-refractivity contribution in [2.75, 3.05) is 13.2 Å². The Morgan fingerprint density at radius 2 is 1.84 bits per heavy atom. The molecule has 0 amide bonds. The van der Waals surface area contributed by atoms with Crippen LogP contribution in [0.5, 0.6) is 0 Å². The highest BCUT2D eigenvalue weighted by Crippen LogP contribution is 2.61. The highest BCUT2D eigenvalue weighted by atomic mass is 16.5. The molecule has 7 heteroatoms. The van der Waals surface area contributed by atoms with Gasteiger partial charge in [-0.3, -0.25) is 14.4 Å². The second-order valence-electron chi connectivity index (χ2n) is 10.0. The van der Waals surface area contributed by atoms with Crippen LogP contribution in [0.4, 0.5) is 0 Å². The van der Waals surface area contributed by atoms with E-state index in [1.807, 2.05) is 6.92 Å². The average Bonchev–Trinajstić information content (AvgIpc) is 2.65. The van der Waals surface area contributed by atoms with E-state index >= 15 is 0 Å². The summed E-state index contributed by atoms with van der Waals surface area (Å²) >= 11 is 0. The molecule has 2 N–H and O–H groups in total. The van der Waals surface area contributed by atoms with Gasteiger partial charge in [0.25, 0.3) is 0 Å². The number of hydrogen-bond donors (Lipinski definition) is 2. The van der Waals surface area contributed by atoms with Gasteiger partial charge in [0, 0.05) is 41.9 Å². The summed E-state index contributed by atoms with van der Waals surface area (Å²) in [5.41, 5.74) is -0.611. The third-order valence-corrected chi connectivity index (χ3v) is 7.39. The lowest BCUT2D eigenvalue weighted by Crippen LogP contribution is -2.60. The number of ether oxygens (including phenoxy) is 2. The number of hydrogen-bond acceptors (Lipinski definition) is 7. The highest BCUT2D eigenvalue weighted by molar-refractivity contribution is 6.50. The maximum atomic E-state index is 13.5. The first-order valence-corrected chi connectivity index (χ1v) is 11.1. The fraction of sp³-hybridized carbons (Fsp3) is 0.708. The van der Waals surface area contributed by atoms with Crippen LogP contribution in [0.15, 0.2) is 22.5 Å². The van der Waals surface area contributed by atoms with Crippen LogP contribution >= 0.6 is 0 Å². The zero-order valence-corrected chi connectivity index (χ0v) is 19.3. The van der Waals surface area contributed by atoms with Crippen molar-refractivity contribution in [3.63, 3.8) is 0 Å². The first-order chi connectivity index (χ1) is 14.4. The van der Waals surface area contributed by atoms with E-state index < -0.39 is 41.1 Å². The first-order valence-electron chi connectivity index (χ1n) is 11.1. The van der Waals surface area contributed by atoms with Crippen molar-refractivity contribution in [1.29, 1.82) is 0 Å². The second-order valence-corrected chi connectivity index (χ2v) is 10.0. The Balaban J connectivity index is 2.24. The Morgan fingerprint density at radius 1 is 1.19 bits per heavy atom. The molecule has 3 aliphatic carbocycles. The summed E-state index contributed by atoms with van der Waals surface area (Å²) in [5, 5.41) is 22.7. The third kappa shape index (κ3) is 3.65. The molecule has 0 heterocycles. The molecule has 0 aromatic heterocycles. The van der Waals surface area contributed by atoms with Crippen molar-refractivity contribution in [3.8, 4) is 0 Å². The lowest BCUT2D eigenvalue weighted by Gasteiger charge is -2.58. The number of esters is 1. The van der Waals surface area contributed by atoms with Crippen LogP contribution in [0.3, 0.4) is 0 Å². The molecule has 31 heavy (non-hydrogen) atoms. The molecule has 0 aliphatic heterocycles. The summed E-state index contributed by atoms with van der Waals surface area (Å²) in [7, 11) is 0. The summed E-state index contributed by atoms with van der Waals surface area (Å²) in [5.74, 6) is -3.23. The normalized spacial score (nSPS) is 33.7. The number of allylic oxidation sites excluding steroid dienone is 1. The molecule has 7 nitrogen and oxygen atoms in total. The van der Waals surface area contributed by atoms with Gasteiger partial charge in [-0.2, -0.15) is 0 Å². The quantitative estimate of drug-likeness (QED) is 0.389. The lowest BCUT2D eigenvalue weighted by atomic mass is 9.47. The van der Waals surface area contributed by atoms with E-state index in [-0.39, 0.29) is 47.0 Å². The van der Waals surface area contributed by atoms with E-state index in [1.54, 1.807) is 13.8 Å². The number of aliphatic hydroxyl groups excluding tert-OH is 2. The van der Waals surface area contributed by atoms with E-state index in [0.29, 0.717) is 6.42 Å². The number of fused-ring (bicyclic) bond motifs is 2. The topological polar surface area (TPSA) is 110 Å². The van der Waals surface area contributed by atoms with Crippen molar-refractivity contribution in [2.45, 2.75) is 73.0 Å². The third-order valence-electron chi connectivity index (χ3n) is 7.39. The largest absolute Gasteiger partial charge is 0.507 e. The Hall–Kier alpha value is -1.99. The fourth-order valence-corrected chi connectivity index (χ4v) is 6.27. The standard InChI is InChI=1S/C24H34O7/c1-7-30-21-15-16(24(6)10-8-9-23(4,5)22(24)20(21)29)19(28)18(27)14(17(15)26)12(2)11-31-13(3)25/h12,20-22,26,29H,7-11H2,1-6H3. The summed E-state index contributed by atoms with van der Waals surface area (Å²) in [6.45, 7) is 10.9. The molecule has 1 fully saturated rings. The number of aliphatic hydroxyl groups is 2. The number of carbonyl (C=O) groups is 3. The van der Waals surface area contributed by atoms with Gasteiger partial charge in [-0.25, -0.2) is 0 Å². The van der Waals surface area contributed by atoms with Crippen LogP contribution in [0, 0.1) is 22.7 Å². The molecule has 1 saturated carbocycles. The lowest BCUT2D eigenvalue weighted by molar-refractivity contribution is -0.146. The molecule has 0 bridgehead atoms. The predicted octanol–water partition coefficient (Wildman–Crippen LogP) is 3.06. The number of Topliss-reactive ketones (excluding diaryl/α,β-unsaturated/α-hetero) is 2. The predicted molar refractivity (Wildman–Crippen MR) is 113 cm³/mol. The number of rotatable bonds is 5. The van der Waals surface area contributed by atoms with E-state index in [2.05, 4.69) is 13.8 Å². The van der Waals surface area contributed by atoms with Gasteiger partial charge in [-0.15, -0.1) is 0 Å². The molecule has 5 atom stereocenters. The smallest absolute Gasteiger partial charge is 0.302 e. The Kier molecular flexibility index (Phi) is 6.24. The van der Waals surface area contributed by atoms with Gasteiger partial charge < -0.3 is 19.7 Å². The molecule has 3 rings (SSSR count). The highest BCUT2D eigenvalue weighted by Gasteiger charge is 2.61. The van der Waals surface area contributed by atoms with E-state index in [4.69, 9.17) is 9.47 Å². The van der Waals surface area contributed by atoms with Gasteiger partial charge in [0.1, 0.15) is 11.9 Å².